The van der Waals surface area contributed by atoms with Gasteiger partial charge in [0.05, 0.1) is 27.5 Å². The highest BCUT2D eigenvalue weighted by molar-refractivity contribution is 7.90. The molecule has 1 aliphatic heterocycles. The average Bonchev–Trinajstić information content (AvgIpc) is 3.48. The summed E-state index contributed by atoms with van der Waals surface area (Å²) < 4.78 is 56.5. The Kier molecular flexibility index (Phi) is 4.86. The lowest BCUT2D eigenvalue weighted by Gasteiger charge is -2.43. The van der Waals surface area contributed by atoms with E-state index in [-0.39, 0.29) is 21.3 Å². The summed E-state index contributed by atoms with van der Waals surface area (Å²) in [6.07, 6.45) is 2.91. The monoisotopic (exact) mass is 495 g/mol. The van der Waals surface area contributed by atoms with Gasteiger partial charge in [0.25, 0.3) is 10.0 Å². The van der Waals surface area contributed by atoms with Gasteiger partial charge in [-0.15, -0.1) is 5.10 Å². The van der Waals surface area contributed by atoms with Gasteiger partial charge in [-0.2, -0.15) is 12.5 Å². The van der Waals surface area contributed by atoms with E-state index in [9.17, 15) is 12.8 Å². The van der Waals surface area contributed by atoms with E-state index in [1.807, 2.05) is 11.8 Å². The lowest BCUT2D eigenvalue weighted by Crippen LogP contribution is -2.55. The zero-order valence-corrected chi connectivity index (χ0v) is 19.8. The highest BCUT2D eigenvalue weighted by atomic mass is 32.2. The Bertz CT molecular complexity index is 1530. The number of hydrogen-bond donors (Lipinski definition) is 0. The van der Waals surface area contributed by atoms with E-state index < -0.39 is 21.7 Å². The van der Waals surface area contributed by atoms with Crippen LogP contribution in [-0.4, -0.2) is 47.8 Å². The van der Waals surface area contributed by atoms with E-state index in [0.29, 0.717) is 31.3 Å². The molecule has 1 aliphatic carbocycles. The second kappa shape index (κ2) is 7.74. The van der Waals surface area contributed by atoms with Crippen molar-refractivity contribution in [3.05, 3.63) is 78.0 Å². The molecule has 1 saturated carbocycles. The molecule has 3 heterocycles. The Morgan fingerprint density at radius 2 is 1.74 bits per heavy atom. The molecule has 2 aromatic heterocycles. The number of fused-ring (bicyclic) bond motifs is 1. The van der Waals surface area contributed by atoms with Gasteiger partial charge >= 0.3 is 0 Å². The summed E-state index contributed by atoms with van der Waals surface area (Å²) in [4.78, 5) is 8.43. The Morgan fingerprint density at radius 1 is 0.971 bits per heavy atom. The number of piperazine rings is 1. The molecule has 0 amide bonds. The minimum absolute atomic E-state index is 0.0941. The number of aryl methyl sites for hydroxylation is 1. The SMILES string of the molecule is Cc1ccc(S(=O)(=O)n2nc(N3CCN(c4ccc(F)cn4)CC34CC4)c3c(F)cccc32)cc1. The zero-order chi connectivity index (χ0) is 24.4. The topological polar surface area (TPSA) is 71.3 Å². The summed E-state index contributed by atoms with van der Waals surface area (Å²) in [5.41, 5.74) is 0.834. The Hall–Kier alpha value is -3.53. The summed E-state index contributed by atoms with van der Waals surface area (Å²) in [7, 11) is -4.04. The number of anilines is 2. The summed E-state index contributed by atoms with van der Waals surface area (Å²) in [5, 5.41) is 4.72. The van der Waals surface area contributed by atoms with Crippen LogP contribution >= 0.6 is 0 Å². The van der Waals surface area contributed by atoms with Crippen molar-refractivity contribution in [2.75, 3.05) is 29.4 Å². The van der Waals surface area contributed by atoms with Gasteiger partial charge in [-0.25, -0.2) is 13.8 Å². The van der Waals surface area contributed by atoms with Crippen molar-refractivity contribution >= 4 is 32.6 Å². The van der Waals surface area contributed by atoms with Crippen molar-refractivity contribution in [3.8, 4) is 0 Å². The molecule has 1 spiro atoms. The Morgan fingerprint density at radius 3 is 2.43 bits per heavy atom. The van der Waals surface area contributed by atoms with Gasteiger partial charge < -0.3 is 9.80 Å². The van der Waals surface area contributed by atoms with Crippen LogP contribution in [0.4, 0.5) is 20.4 Å². The van der Waals surface area contributed by atoms with Gasteiger partial charge in [-0.05, 0) is 56.2 Å². The maximum atomic E-state index is 15.2. The molecule has 0 bridgehead atoms. The quantitative estimate of drug-likeness (QED) is 0.424. The molecule has 0 radical (unpaired) electrons. The van der Waals surface area contributed by atoms with E-state index in [0.717, 1.165) is 22.5 Å². The molecule has 0 atom stereocenters. The van der Waals surface area contributed by atoms with Crippen LogP contribution in [0.15, 0.2) is 65.7 Å². The van der Waals surface area contributed by atoms with Gasteiger partial charge in [0.15, 0.2) is 5.82 Å². The summed E-state index contributed by atoms with van der Waals surface area (Å²) in [6, 6.07) is 14.0. The van der Waals surface area contributed by atoms with Crippen molar-refractivity contribution in [3.63, 3.8) is 0 Å². The minimum Gasteiger partial charge on any atom is -0.352 e. The van der Waals surface area contributed by atoms with E-state index in [1.54, 1.807) is 24.3 Å². The molecule has 2 aliphatic rings. The molecular weight excluding hydrogens is 472 g/mol. The first-order valence-electron chi connectivity index (χ1n) is 11.4. The second-order valence-electron chi connectivity index (χ2n) is 9.25. The van der Waals surface area contributed by atoms with Gasteiger partial charge in [-0.1, -0.05) is 23.8 Å². The lowest BCUT2D eigenvalue weighted by atomic mass is 10.1. The maximum absolute atomic E-state index is 15.2. The molecule has 4 aromatic rings. The number of pyridine rings is 1. The summed E-state index contributed by atoms with van der Waals surface area (Å²) in [5.74, 6) is 0.107. The molecule has 7 nitrogen and oxygen atoms in total. The molecule has 180 valence electrons. The van der Waals surface area contributed by atoms with E-state index in [4.69, 9.17) is 0 Å². The third-order valence-electron chi connectivity index (χ3n) is 6.92. The first kappa shape index (κ1) is 22.0. The van der Waals surface area contributed by atoms with Crippen molar-refractivity contribution in [2.24, 2.45) is 0 Å². The Balaban J connectivity index is 1.43. The van der Waals surface area contributed by atoms with Gasteiger partial charge in [-0.3, -0.25) is 0 Å². The van der Waals surface area contributed by atoms with Gasteiger partial charge in [0.2, 0.25) is 0 Å². The summed E-state index contributed by atoms with van der Waals surface area (Å²) in [6.45, 7) is 3.56. The largest absolute Gasteiger partial charge is 0.352 e. The van der Waals surface area contributed by atoms with Crippen molar-refractivity contribution < 1.29 is 17.2 Å². The van der Waals surface area contributed by atoms with Crippen molar-refractivity contribution in [1.29, 1.82) is 0 Å². The first-order valence-corrected chi connectivity index (χ1v) is 12.9. The molecule has 10 heteroatoms. The molecule has 35 heavy (non-hydrogen) atoms. The third-order valence-corrected chi connectivity index (χ3v) is 8.52. The van der Waals surface area contributed by atoms with Crippen LogP contribution in [0.5, 0.6) is 0 Å². The fraction of sp³-hybridized carbons (Fsp3) is 0.280. The first-order chi connectivity index (χ1) is 16.8. The van der Waals surface area contributed by atoms with Crippen LogP contribution in [-0.2, 0) is 10.0 Å². The maximum Gasteiger partial charge on any atom is 0.283 e. The summed E-state index contributed by atoms with van der Waals surface area (Å²) >= 11 is 0. The molecule has 6 rings (SSSR count). The number of nitrogens with zero attached hydrogens (tertiary/aromatic N) is 5. The van der Waals surface area contributed by atoms with Crippen molar-refractivity contribution in [1.82, 2.24) is 14.2 Å². The molecular formula is C25H23F2N5O2S. The van der Waals surface area contributed by atoms with Crippen LogP contribution in [0.25, 0.3) is 10.9 Å². The molecule has 2 aromatic carbocycles. The molecule has 0 N–H and O–H groups in total. The van der Waals surface area contributed by atoms with Crippen LogP contribution in [0.2, 0.25) is 0 Å². The van der Waals surface area contributed by atoms with Crippen LogP contribution in [0, 0.1) is 18.6 Å². The van der Waals surface area contributed by atoms with E-state index in [2.05, 4.69) is 15.0 Å². The number of aromatic nitrogens is 3. The zero-order valence-electron chi connectivity index (χ0n) is 19.0. The van der Waals surface area contributed by atoms with Gasteiger partial charge in [0, 0.05) is 19.6 Å². The van der Waals surface area contributed by atoms with Crippen LogP contribution in [0.3, 0.4) is 0 Å². The van der Waals surface area contributed by atoms with Crippen LogP contribution < -0.4 is 9.80 Å². The Labute approximate surface area is 201 Å². The van der Waals surface area contributed by atoms with E-state index in [1.165, 1.54) is 36.5 Å². The van der Waals surface area contributed by atoms with Crippen molar-refractivity contribution in [2.45, 2.75) is 30.2 Å². The highest BCUT2D eigenvalue weighted by Crippen LogP contribution is 2.48. The normalized spacial score (nSPS) is 17.3. The minimum atomic E-state index is -4.04. The third kappa shape index (κ3) is 3.54. The van der Waals surface area contributed by atoms with E-state index >= 15 is 4.39 Å². The smallest absolute Gasteiger partial charge is 0.283 e. The molecule has 0 unspecified atom stereocenters. The average molecular weight is 496 g/mol. The lowest BCUT2D eigenvalue weighted by molar-refractivity contribution is 0.500. The number of hydrogen-bond acceptors (Lipinski definition) is 6. The second-order valence-corrected chi connectivity index (χ2v) is 11.0. The molecule has 1 saturated heterocycles. The predicted octanol–water partition coefficient (Wildman–Crippen LogP) is 4.11. The van der Waals surface area contributed by atoms with Crippen LogP contribution in [0.1, 0.15) is 18.4 Å². The predicted molar refractivity (Wildman–Crippen MR) is 129 cm³/mol. The number of benzene rings is 2. The number of rotatable bonds is 4. The molecule has 2 fully saturated rings. The standard InChI is InChI=1S/C25H23F2N5O2S/c1-17-5-8-19(9-6-17)35(33,34)32-21-4-2-3-20(27)23(21)24(29-32)31-14-13-30(16-25(31)11-12-25)22-10-7-18(26)15-28-22/h2-10,15H,11-14,16H2,1H3. The van der Waals surface area contributed by atoms with Gasteiger partial charge in [0.1, 0.15) is 17.5 Å². The highest BCUT2D eigenvalue weighted by Gasteiger charge is 2.53. The number of halogens is 2. The fourth-order valence-corrected chi connectivity index (χ4v) is 6.17. The fourth-order valence-electron chi connectivity index (χ4n) is 4.90.